The number of nitrogens with zero attached hydrogens (tertiary/aromatic N) is 2. The van der Waals surface area contributed by atoms with E-state index in [-0.39, 0.29) is 12.6 Å². The lowest BCUT2D eigenvalue weighted by Crippen LogP contribution is -2.09. The Hall–Kier alpha value is -1.79. The highest BCUT2D eigenvalue weighted by Crippen LogP contribution is 2.24. The van der Waals surface area contributed by atoms with Crippen LogP contribution in [0.4, 0.5) is 0 Å². The lowest BCUT2D eigenvalue weighted by Gasteiger charge is -2.13. The molecule has 0 amide bonds. The van der Waals surface area contributed by atoms with Crippen LogP contribution in [0, 0.1) is 5.92 Å². The summed E-state index contributed by atoms with van der Waals surface area (Å²) < 4.78 is 6.80. The van der Waals surface area contributed by atoms with Crippen molar-refractivity contribution in [2.45, 2.75) is 37.9 Å². The van der Waals surface area contributed by atoms with Gasteiger partial charge in [0.2, 0.25) is 0 Å². The van der Waals surface area contributed by atoms with Gasteiger partial charge in [-0.2, -0.15) is 0 Å². The molecule has 0 radical (unpaired) electrons. The Morgan fingerprint density at radius 2 is 2.22 bits per heavy atom. The molecule has 1 aromatic carbocycles. The molecule has 5 nitrogen and oxygen atoms in total. The Balaban J connectivity index is 2.12. The van der Waals surface area contributed by atoms with E-state index in [2.05, 4.69) is 23.4 Å². The van der Waals surface area contributed by atoms with E-state index in [4.69, 9.17) is 4.74 Å². The maximum Gasteiger partial charge on any atom is 0.337 e. The largest absolute Gasteiger partial charge is 0.465 e. The summed E-state index contributed by atoms with van der Waals surface area (Å²) in [5.41, 5.74) is 2.40. The molecular formula is C17H22N2O3S. The molecule has 1 aromatic heterocycles. The van der Waals surface area contributed by atoms with Crippen LogP contribution in [0.3, 0.4) is 0 Å². The van der Waals surface area contributed by atoms with Crippen molar-refractivity contribution in [1.82, 2.24) is 9.55 Å². The molecule has 23 heavy (non-hydrogen) atoms. The Kier molecular flexibility index (Phi) is 6.24. The van der Waals surface area contributed by atoms with Crippen LogP contribution in [0.15, 0.2) is 35.6 Å². The molecule has 0 bridgehead atoms. The van der Waals surface area contributed by atoms with Gasteiger partial charge < -0.3 is 14.4 Å². The first-order valence-corrected chi connectivity index (χ1v) is 8.49. The van der Waals surface area contributed by atoms with Crippen LogP contribution in [0.2, 0.25) is 0 Å². The van der Waals surface area contributed by atoms with Crippen molar-refractivity contribution < 1.29 is 14.6 Å². The second-order valence-electron chi connectivity index (χ2n) is 5.68. The normalized spacial score (nSPS) is 11.0. The number of hydrogen-bond donors (Lipinski definition) is 1. The lowest BCUT2D eigenvalue weighted by atomic mass is 10.1. The van der Waals surface area contributed by atoms with Gasteiger partial charge in [-0.1, -0.05) is 37.7 Å². The number of esters is 1. The zero-order valence-corrected chi connectivity index (χ0v) is 14.5. The van der Waals surface area contributed by atoms with Gasteiger partial charge >= 0.3 is 5.97 Å². The first kappa shape index (κ1) is 17.6. The summed E-state index contributed by atoms with van der Waals surface area (Å²) in [5.74, 6) is 0.836. The summed E-state index contributed by atoms with van der Waals surface area (Å²) >= 11 is 1.59. The van der Waals surface area contributed by atoms with E-state index in [1.165, 1.54) is 7.11 Å². The molecule has 0 unspecified atom stereocenters. The molecule has 2 rings (SSSR count). The maximum atomic E-state index is 11.6. The van der Waals surface area contributed by atoms with Gasteiger partial charge in [0.05, 0.1) is 31.2 Å². The molecule has 6 heteroatoms. The predicted octanol–water partition coefficient (Wildman–Crippen LogP) is 3.11. The second kappa shape index (κ2) is 8.17. The van der Waals surface area contributed by atoms with Gasteiger partial charge in [0.1, 0.15) is 0 Å². The summed E-state index contributed by atoms with van der Waals surface area (Å²) in [6, 6.07) is 7.40. The Labute approximate surface area is 140 Å². The van der Waals surface area contributed by atoms with E-state index in [1.54, 1.807) is 24.0 Å². The fourth-order valence-electron chi connectivity index (χ4n) is 2.25. The molecule has 0 aliphatic carbocycles. The maximum absolute atomic E-state index is 11.6. The molecule has 2 aromatic rings. The Morgan fingerprint density at radius 1 is 1.43 bits per heavy atom. The number of rotatable bonds is 7. The lowest BCUT2D eigenvalue weighted by molar-refractivity contribution is 0.0600. The standard InChI is InChI=1S/C17H22N2O3S/c1-12(2)9-19-15(10-20)8-18-17(19)23-11-13-5-4-6-14(7-13)16(21)22-3/h4-8,12,20H,9-11H2,1-3H3. The molecule has 0 spiro atoms. The molecule has 0 aliphatic rings. The predicted molar refractivity (Wildman–Crippen MR) is 90.3 cm³/mol. The monoisotopic (exact) mass is 334 g/mol. The number of hydrogen-bond acceptors (Lipinski definition) is 5. The van der Waals surface area contributed by atoms with Gasteiger partial charge in [0.15, 0.2) is 5.16 Å². The van der Waals surface area contributed by atoms with Crippen LogP contribution in [0.1, 0.15) is 35.5 Å². The van der Waals surface area contributed by atoms with Gasteiger partial charge in [-0.3, -0.25) is 0 Å². The molecule has 124 valence electrons. The van der Waals surface area contributed by atoms with Crippen molar-refractivity contribution in [3.05, 3.63) is 47.3 Å². The van der Waals surface area contributed by atoms with Crippen LogP contribution in [-0.2, 0) is 23.6 Å². The molecule has 0 fully saturated rings. The number of imidazole rings is 1. The van der Waals surface area contributed by atoms with E-state index in [1.807, 2.05) is 18.2 Å². The summed E-state index contributed by atoms with van der Waals surface area (Å²) in [5, 5.41) is 10.3. The van der Waals surface area contributed by atoms with Crippen LogP contribution < -0.4 is 0 Å². The Bertz CT molecular complexity index is 668. The van der Waals surface area contributed by atoms with Crippen molar-refractivity contribution in [1.29, 1.82) is 0 Å². The highest BCUT2D eigenvalue weighted by atomic mass is 32.2. The fraction of sp³-hybridized carbons (Fsp3) is 0.412. The number of methoxy groups -OCH3 is 1. The smallest absolute Gasteiger partial charge is 0.337 e. The number of aliphatic hydroxyl groups excluding tert-OH is 1. The van der Waals surface area contributed by atoms with E-state index in [9.17, 15) is 9.90 Å². The topological polar surface area (TPSA) is 64.3 Å². The zero-order valence-electron chi connectivity index (χ0n) is 13.7. The zero-order chi connectivity index (χ0) is 16.8. The van der Waals surface area contributed by atoms with Gasteiger partial charge in [0.25, 0.3) is 0 Å². The van der Waals surface area contributed by atoms with Crippen LogP contribution in [0.25, 0.3) is 0 Å². The second-order valence-corrected chi connectivity index (χ2v) is 6.62. The van der Waals surface area contributed by atoms with Crippen molar-refractivity contribution in [3.63, 3.8) is 0 Å². The highest BCUT2D eigenvalue weighted by Gasteiger charge is 2.12. The molecule has 1 N–H and O–H groups in total. The average molecular weight is 334 g/mol. The van der Waals surface area contributed by atoms with Gasteiger partial charge in [-0.25, -0.2) is 9.78 Å². The van der Waals surface area contributed by atoms with Crippen molar-refractivity contribution in [2.24, 2.45) is 5.92 Å². The number of ether oxygens (including phenoxy) is 1. The minimum absolute atomic E-state index is 0.0158. The van der Waals surface area contributed by atoms with Gasteiger partial charge in [0, 0.05) is 12.3 Å². The van der Waals surface area contributed by atoms with Crippen molar-refractivity contribution in [2.75, 3.05) is 7.11 Å². The van der Waals surface area contributed by atoms with Crippen LogP contribution in [-0.4, -0.2) is 27.7 Å². The Morgan fingerprint density at radius 3 is 2.87 bits per heavy atom. The molecule has 0 aliphatic heterocycles. The third-order valence-electron chi connectivity index (χ3n) is 3.33. The molecule has 0 saturated heterocycles. The van der Waals surface area contributed by atoms with Crippen molar-refractivity contribution in [3.8, 4) is 0 Å². The quantitative estimate of drug-likeness (QED) is 0.622. The first-order valence-electron chi connectivity index (χ1n) is 7.50. The molecule has 0 atom stereocenters. The third kappa shape index (κ3) is 4.59. The molecular weight excluding hydrogens is 312 g/mol. The van der Waals surface area contributed by atoms with E-state index in [0.29, 0.717) is 17.2 Å². The average Bonchev–Trinajstić information content (AvgIpc) is 2.93. The third-order valence-corrected chi connectivity index (χ3v) is 4.39. The first-order chi connectivity index (χ1) is 11.0. The highest BCUT2D eigenvalue weighted by molar-refractivity contribution is 7.98. The summed E-state index contributed by atoms with van der Waals surface area (Å²) in [6.45, 7) is 5.07. The summed E-state index contributed by atoms with van der Waals surface area (Å²) in [7, 11) is 1.38. The van der Waals surface area contributed by atoms with Crippen LogP contribution >= 0.6 is 11.8 Å². The number of carbonyl (C=O) groups is 1. The number of benzene rings is 1. The van der Waals surface area contributed by atoms with Gasteiger partial charge in [-0.15, -0.1) is 0 Å². The van der Waals surface area contributed by atoms with E-state index >= 15 is 0 Å². The van der Waals surface area contributed by atoms with Gasteiger partial charge in [-0.05, 0) is 23.6 Å². The van der Waals surface area contributed by atoms with Crippen molar-refractivity contribution >= 4 is 17.7 Å². The molecule has 1 heterocycles. The number of aromatic nitrogens is 2. The minimum Gasteiger partial charge on any atom is -0.465 e. The van der Waals surface area contributed by atoms with E-state index < -0.39 is 0 Å². The SMILES string of the molecule is COC(=O)c1cccc(CSc2ncc(CO)n2CC(C)C)c1. The summed E-state index contributed by atoms with van der Waals surface area (Å²) in [6.07, 6.45) is 1.72. The van der Waals surface area contributed by atoms with E-state index in [0.717, 1.165) is 23.0 Å². The number of carbonyl (C=O) groups excluding carboxylic acids is 1. The number of aliphatic hydroxyl groups is 1. The minimum atomic E-state index is -0.333. The summed E-state index contributed by atoms with van der Waals surface area (Å²) in [4.78, 5) is 16.0. The number of thioether (sulfide) groups is 1. The fourth-order valence-corrected chi connectivity index (χ4v) is 3.20. The van der Waals surface area contributed by atoms with Crippen LogP contribution in [0.5, 0.6) is 0 Å². The molecule has 0 saturated carbocycles.